The van der Waals surface area contributed by atoms with Crippen LogP contribution in [0.15, 0.2) is 128 Å². The summed E-state index contributed by atoms with van der Waals surface area (Å²) < 4.78 is 0. The summed E-state index contributed by atoms with van der Waals surface area (Å²) in [4.78, 5) is 14.8. The minimum atomic E-state index is 0.684. The molecule has 0 spiro atoms. The Morgan fingerprint density at radius 3 is 2.00 bits per heavy atom. The van der Waals surface area contributed by atoms with Crippen LogP contribution in [0.4, 0.5) is 0 Å². The molecule has 0 saturated carbocycles. The lowest BCUT2D eigenvalue weighted by molar-refractivity contribution is 1.23. The van der Waals surface area contributed by atoms with Crippen LogP contribution in [0.5, 0.6) is 0 Å². The Morgan fingerprint density at radius 1 is 0.444 bits per heavy atom. The van der Waals surface area contributed by atoms with Gasteiger partial charge < -0.3 is 0 Å². The summed E-state index contributed by atoms with van der Waals surface area (Å²) in [5.74, 6) is 0.684. The van der Waals surface area contributed by atoms with Crippen molar-refractivity contribution in [2.75, 3.05) is 0 Å². The zero-order chi connectivity index (χ0) is 23.9. The Hall–Kier alpha value is -4.89. The van der Waals surface area contributed by atoms with Gasteiger partial charge in [-0.25, -0.2) is 9.97 Å². The van der Waals surface area contributed by atoms with Crippen molar-refractivity contribution in [1.29, 1.82) is 0 Å². The largest absolute Gasteiger partial charge is 0.255 e. The molecule has 3 heteroatoms. The number of nitrogens with zero attached hydrogens (tertiary/aromatic N) is 3. The molecule has 0 saturated heterocycles. The summed E-state index contributed by atoms with van der Waals surface area (Å²) in [7, 11) is 0. The Kier molecular flexibility index (Phi) is 4.78. The van der Waals surface area contributed by atoms with Gasteiger partial charge in [-0.3, -0.25) is 4.98 Å². The highest BCUT2D eigenvalue weighted by Gasteiger charge is 2.16. The van der Waals surface area contributed by atoms with Gasteiger partial charge in [-0.15, -0.1) is 0 Å². The minimum absolute atomic E-state index is 0.684. The Morgan fingerprint density at radius 2 is 1.14 bits per heavy atom. The molecule has 2 heterocycles. The third-order valence-electron chi connectivity index (χ3n) is 6.74. The summed E-state index contributed by atoms with van der Waals surface area (Å²) in [5.41, 5.74) is 7.21. The average Bonchev–Trinajstić information content (AvgIpc) is 2.96. The topological polar surface area (TPSA) is 38.7 Å². The van der Waals surface area contributed by atoms with Crippen LogP contribution in [0.2, 0.25) is 0 Å². The van der Waals surface area contributed by atoms with Crippen molar-refractivity contribution in [3.63, 3.8) is 0 Å². The fourth-order valence-corrected chi connectivity index (χ4v) is 5.06. The van der Waals surface area contributed by atoms with Crippen LogP contribution < -0.4 is 0 Å². The molecule has 0 aliphatic rings. The molecule has 0 unspecified atom stereocenters. The molecular formula is C33H21N3. The number of pyridine rings is 1. The SMILES string of the molecule is c1ccc(-c2ccc(-c3nc(-c4cccc5cccnc45)nc4ccccc34)c3ccccc23)cc1. The van der Waals surface area contributed by atoms with Crippen LogP contribution in [0.25, 0.3) is 66.4 Å². The highest BCUT2D eigenvalue weighted by molar-refractivity contribution is 6.08. The van der Waals surface area contributed by atoms with Crippen LogP contribution in [-0.4, -0.2) is 15.0 Å². The Bertz CT molecular complexity index is 1890. The van der Waals surface area contributed by atoms with E-state index in [-0.39, 0.29) is 0 Å². The zero-order valence-electron chi connectivity index (χ0n) is 19.5. The fourth-order valence-electron chi connectivity index (χ4n) is 5.06. The van der Waals surface area contributed by atoms with Crippen molar-refractivity contribution in [3.8, 4) is 33.8 Å². The molecule has 168 valence electrons. The molecule has 0 radical (unpaired) electrons. The van der Waals surface area contributed by atoms with Crippen molar-refractivity contribution in [2.24, 2.45) is 0 Å². The van der Waals surface area contributed by atoms with E-state index < -0.39 is 0 Å². The number of hydrogen-bond donors (Lipinski definition) is 0. The molecule has 0 aliphatic heterocycles. The summed E-state index contributed by atoms with van der Waals surface area (Å²) in [5, 5.41) is 4.49. The van der Waals surface area contributed by atoms with E-state index in [9.17, 15) is 0 Å². The van der Waals surface area contributed by atoms with Gasteiger partial charge in [0.15, 0.2) is 5.82 Å². The third kappa shape index (κ3) is 3.33. The highest BCUT2D eigenvalue weighted by Crippen LogP contribution is 2.38. The molecule has 36 heavy (non-hydrogen) atoms. The van der Waals surface area contributed by atoms with Gasteiger partial charge >= 0.3 is 0 Å². The highest BCUT2D eigenvalue weighted by atomic mass is 14.9. The van der Waals surface area contributed by atoms with Gasteiger partial charge in [0.25, 0.3) is 0 Å². The molecule has 0 aliphatic carbocycles. The van der Waals surface area contributed by atoms with Gasteiger partial charge in [0.1, 0.15) is 0 Å². The lowest BCUT2D eigenvalue weighted by Crippen LogP contribution is -1.97. The molecule has 7 rings (SSSR count). The second-order valence-corrected chi connectivity index (χ2v) is 8.87. The third-order valence-corrected chi connectivity index (χ3v) is 6.74. The van der Waals surface area contributed by atoms with Gasteiger partial charge in [-0.1, -0.05) is 103 Å². The van der Waals surface area contributed by atoms with E-state index in [0.29, 0.717) is 5.82 Å². The maximum atomic E-state index is 5.19. The molecule has 7 aromatic rings. The maximum absolute atomic E-state index is 5.19. The molecule has 0 bridgehead atoms. The minimum Gasteiger partial charge on any atom is -0.255 e. The molecule has 0 N–H and O–H groups in total. The van der Waals surface area contributed by atoms with E-state index in [1.807, 2.05) is 24.4 Å². The summed E-state index contributed by atoms with van der Waals surface area (Å²) in [6, 6.07) is 42.0. The first kappa shape index (κ1) is 20.5. The van der Waals surface area contributed by atoms with Gasteiger partial charge in [-0.05, 0) is 40.1 Å². The van der Waals surface area contributed by atoms with Crippen molar-refractivity contribution in [2.45, 2.75) is 0 Å². The smallest absolute Gasteiger partial charge is 0.162 e. The van der Waals surface area contributed by atoms with Crippen LogP contribution in [0.1, 0.15) is 0 Å². The van der Waals surface area contributed by atoms with Crippen LogP contribution in [0, 0.1) is 0 Å². The maximum Gasteiger partial charge on any atom is 0.162 e. The number of benzene rings is 5. The summed E-state index contributed by atoms with van der Waals surface area (Å²) in [6.07, 6.45) is 1.82. The van der Waals surface area contributed by atoms with Crippen molar-refractivity contribution < 1.29 is 0 Å². The number of para-hydroxylation sites is 2. The molecule has 0 atom stereocenters. The normalized spacial score (nSPS) is 11.3. The predicted molar refractivity (Wildman–Crippen MR) is 149 cm³/mol. The molecule has 2 aromatic heterocycles. The number of hydrogen-bond acceptors (Lipinski definition) is 3. The van der Waals surface area contributed by atoms with E-state index >= 15 is 0 Å². The second-order valence-electron chi connectivity index (χ2n) is 8.87. The number of fused-ring (bicyclic) bond motifs is 3. The van der Waals surface area contributed by atoms with E-state index in [0.717, 1.165) is 38.6 Å². The molecular weight excluding hydrogens is 438 g/mol. The molecule has 0 fully saturated rings. The second kappa shape index (κ2) is 8.40. The van der Waals surface area contributed by atoms with E-state index in [4.69, 9.17) is 9.97 Å². The van der Waals surface area contributed by atoms with E-state index in [2.05, 4.69) is 108 Å². The van der Waals surface area contributed by atoms with E-state index in [1.54, 1.807) is 0 Å². The van der Waals surface area contributed by atoms with Crippen molar-refractivity contribution in [1.82, 2.24) is 15.0 Å². The molecule has 5 aromatic carbocycles. The molecule has 0 amide bonds. The first-order valence-corrected chi connectivity index (χ1v) is 12.1. The van der Waals surface area contributed by atoms with Crippen LogP contribution in [-0.2, 0) is 0 Å². The van der Waals surface area contributed by atoms with Crippen LogP contribution in [0.3, 0.4) is 0 Å². The lowest BCUT2D eigenvalue weighted by Gasteiger charge is -2.14. The molecule has 3 nitrogen and oxygen atoms in total. The summed E-state index contributed by atoms with van der Waals surface area (Å²) in [6.45, 7) is 0. The zero-order valence-corrected chi connectivity index (χ0v) is 19.5. The van der Waals surface area contributed by atoms with Gasteiger partial charge in [0.2, 0.25) is 0 Å². The van der Waals surface area contributed by atoms with E-state index in [1.165, 1.54) is 21.9 Å². The quantitative estimate of drug-likeness (QED) is 0.267. The Labute approximate surface area is 208 Å². The van der Waals surface area contributed by atoms with Gasteiger partial charge in [0.05, 0.1) is 16.7 Å². The first-order valence-electron chi connectivity index (χ1n) is 12.1. The average molecular weight is 460 g/mol. The standard InChI is InChI=1S/C33H21N3/c1-2-10-22(11-3-1)24-19-20-27(26-15-5-4-14-25(24)26)32-28-16-6-7-18-30(28)35-33(36-32)29-17-8-12-23-13-9-21-34-31(23)29/h1-21H. The number of aromatic nitrogens is 3. The van der Waals surface area contributed by atoms with Crippen molar-refractivity contribution >= 4 is 32.6 Å². The van der Waals surface area contributed by atoms with Gasteiger partial charge in [-0.2, -0.15) is 0 Å². The Balaban J connectivity index is 1.53. The monoisotopic (exact) mass is 459 g/mol. The lowest BCUT2D eigenvalue weighted by atomic mass is 9.93. The van der Waals surface area contributed by atoms with Gasteiger partial charge in [0, 0.05) is 28.1 Å². The first-order chi connectivity index (χ1) is 17.9. The number of rotatable bonds is 3. The predicted octanol–water partition coefficient (Wildman–Crippen LogP) is 8.33. The summed E-state index contributed by atoms with van der Waals surface area (Å²) >= 11 is 0. The van der Waals surface area contributed by atoms with Crippen molar-refractivity contribution in [3.05, 3.63) is 128 Å². The van der Waals surface area contributed by atoms with Crippen LogP contribution >= 0.6 is 0 Å². The fraction of sp³-hybridized carbons (Fsp3) is 0.